The third-order valence-electron chi connectivity index (χ3n) is 2.13. The summed E-state index contributed by atoms with van der Waals surface area (Å²) in [5.74, 6) is 0.777. The normalized spacial score (nSPS) is 12.7. The van der Waals surface area contributed by atoms with Crippen LogP contribution in [0.25, 0.3) is 0 Å². The Morgan fingerprint density at radius 1 is 1.33 bits per heavy atom. The van der Waals surface area contributed by atoms with Crippen molar-refractivity contribution in [3.05, 3.63) is 23.8 Å². The van der Waals surface area contributed by atoms with Gasteiger partial charge in [-0.15, -0.1) is 0 Å². The molecule has 1 heterocycles. The Morgan fingerprint density at radius 3 is 2.47 bits per heavy atom. The van der Waals surface area contributed by atoms with Crippen molar-refractivity contribution in [2.75, 3.05) is 13.7 Å². The summed E-state index contributed by atoms with van der Waals surface area (Å²) in [4.78, 5) is 8.62. The van der Waals surface area contributed by atoms with Gasteiger partial charge in [-0.25, -0.2) is 9.97 Å². The summed E-state index contributed by atoms with van der Waals surface area (Å²) in [7, 11) is 1.91. The molecule has 0 saturated heterocycles. The van der Waals surface area contributed by atoms with E-state index in [0.717, 1.165) is 24.4 Å². The van der Waals surface area contributed by atoms with Crippen molar-refractivity contribution < 1.29 is 4.74 Å². The SMILES string of the molecule is CCOC(CC)c1ncc(CNC)cn1. The van der Waals surface area contributed by atoms with Gasteiger partial charge in [0, 0.05) is 31.1 Å². The number of rotatable bonds is 6. The number of nitrogens with zero attached hydrogens (tertiary/aromatic N) is 2. The predicted octanol–water partition coefficient (Wildman–Crippen LogP) is 1.68. The lowest BCUT2D eigenvalue weighted by Crippen LogP contribution is -2.10. The molecule has 0 aliphatic heterocycles. The molecule has 1 atom stereocenters. The second kappa shape index (κ2) is 6.48. The molecule has 0 saturated carbocycles. The molecular weight excluding hydrogens is 190 g/mol. The summed E-state index contributed by atoms with van der Waals surface area (Å²) < 4.78 is 5.54. The van der Waals surface area contributed by atoms with E-state index in [2.05, 4.69) is 22.2 Å². The number of nitrogens with one attached hydrogen (secondary N) is 1. The molecule has 0 aliphatic rings. The zero-order valence-electron chi connectivity index (χ0n) is 9.66. The number of hydrogen-bond donors (Lipinski definition) is 1. The highest BCUT2D eigenvalue weighted by atomic mass is 16.5. The minimum absolute atomic E-state index is 0.0265. The van der Waals surface area contributed by atoms with E-state index in [9.17, 15) is 0 Å². The fourth-order valence-electron chi connectivity index (χ4n) is 1.40. The van der Waals surface area contributed by atoms with Crippen LogP contribution in [-0.4, -0.2) is 23.6 Å². The van der Waals surface area contributed by atoms with Crippen molar-refractivity contribution in [1.29, 1.82) is 0 Å². The molecular formula is C11H19N3O. The Kier molecular flexibility index (Phi) is 5.21. The monoisotopic (exact) mass is 209 g/mol. The largest absolute Gasteiger partial charge is 0.371 e. The smallest absolute Gasteiger partial charge is 0.157 e. The summed E-state index contributed by atoms with van der Waals surface area (Å²) in [6, 6.07) is 0. The van der Waals surface area contributed by atoms with E-state index in [-0.39, 0.29) is 6.10 Å². The van der Waals surface area contributed by atoms with Crippen LogP contribution in [0.1, 0.15) is 37.8 Å². The molecule has 0 amide bonds. The van der Waals surface area contributed by atoms with Crippen LogP contribution < -0.4 is 5.32 Å². The van der Waals surface area contributed by atoms with E-state index in [4.69, 9.17) is 4.74 Å². The first kappa shape index (κ1) is 12.1. The van der Waals surface area contributed by atoms with Crippen LogP contribution in [-0.2, 0) is 11.3 Å². The first-order chi connectivity index (χ1) is 7.31. The van der Waals surface area contributed by atoms with Crippen LogP contribution in [0.2, 0.25) is 0 Å². The number of ether oxygens (including phenoxy) is 1. The molecule has 4 nitrogen and oxygen atoms in total. The number of aromatic nitrogens is 2. The van der Waals surface area contributed by atoms with Crippen molar-refractivity contribution in [2.24, 2.45) is 0 Å². The second-order valence-electron chi connectivity index (χ2n) is 3.33. The van der Waals surface area contributed by atoms with Gasteiger partial charge in [-0.3, -0.25) is 0 Å². The maximum Gasteiger partial charge on any atom is 0.157 e. The molecule has 84 valence electrons. The fourth-order valence-corrected chi connectivity index (χ4v) is 1.40. The van der Waals surface area contributed by atoms with Crippen molar-refractivity contribution in [2.45, 2.75) is 32.9 Å². The zero-order chi connectivity index (χ0) is 11.1. The Morgan fingerprint density at radius 2 is 2.00 bits per heavy atom. The lowest BCUT2D eigenvalue weighted by atomic mass is 10.2. The van der Waals surface area contributed by atoms with Crippen LogP contribution >= 0.6 is 0 Å². The van der Waals surface area contributed by atoms with Crippen molar-refractivity contribution in [3.63, 3.8) is 0 Å². The highest BCUT2D eigenvalue weighted by Gasteiger charge is 2.11. The summed E-state index contributed by atoms with van der Waals surface area (Å²) in [5, 5.41) is 3.06. The standard InChI is InChI=1S/C11H19N3O/c1-4-10(15-5-2)11-13-7-9(6-12-3)8-14-11/h7-8,10,12H,4-6H2,1-3H3. The molecule has 0 radical (unpaired) electrons. The van der Waals surface area contributed by atoms with Crippen molar-refractivity contribution in [3.8, 4) is 0 Å². The van der Waals surface area contributed by atoms with E-state index in [1.807, 2.05) is 26.4 Å². The summed E-state index contributed by atoms with van der Waals surface area (Å²) in [5.41, 5.74) is 1.09. The third kappa shape index (κ3) is 3.57. The Hall–Kier alpha value is -1.00. The molecule has 0 fully saturated rings. The minimum Gasteiger partial charge on any atom is -0.371 e. The molecule has 4 heteroatoms. The van der Waals surface area contributed by atoms with E-state index in [1.54, 1.807) is 0 Å². The molecule has 1 rings (SSSR count). The first-order valence-corrected chi connectivity index (χ1v) is 5.38. The molecule has 1 aromatic rings. The maximum absolute atomic E-state index is 5.54. The molecule has 1 aromatic heterocycles. The number of hydrogen-bond acceptors (Lipinski definition) is 4. The molecule has 15 heavy (non-hydrogen) atoms. The van der Waals surface area contributed by atoms with Gasteiger partial charge in [0.1, 0.15) is 6.10 Å². The zero-order valence-corrected chi connectivity index (χ0v) is 9.66. The van der Waals surface area contributed by atoms with E-state index in [0.29, 0.717) is 6.61 Å². The average molecular weight is 209 g/mol. The van der Waals surface area contributed by atoms with Gasteiger partial charge in [0.2, 0.25) is 0 Å². The topological polar surface area (TPSA) is 47.0 Å². The highest BCUT2D eigenvalue weighted by Crippen LogP contribution is 2.16. The molecule has 1 N–H and O–H groups in total. The predicted molar refractivity (Wildman–Crippen MR) is 59.5 cm³/mol. The first-order valence-electron chi connectivity index (χ1n) is 5.38. The van der Waals surface area contributed by atoms with Crippen LogP contribution in [0, 0.1) is 0 Å². The van der Waals surface area contributed by atoms with Gasteiger partial charge < -0.3 is 10.1 Å². The van der Waals surface area contributed by atoms with Gasteiger partial charge in [-0.2, -0.15) is 0 Å². The lowest BCUT2D eigenvalue weighted by molar-refractivity contribution is 0.0534. The van der Waals surface area contributed by atoms with Gasteiger partial charge in [-0.1, -0.05) is 6.92 Å². The minimum atomic E-state index is 0.0265. The van der Waals surface area contributed by atoms with Gasteiger partial charge in [-0.05, 0) is 20.4 Å². The van der Waals surface area contributed by atoms with Crippen LogP contribution in [0.3, 0.4) is 0 Å². The fraction of sp³-hybridized carbons (Fsp3) is 0.636. The molecule has 0 spiro atoms. The summed E-state index contributed by atoms with van der Waals surface area (Å²) in [6.07, 6.45) is 4.62. The van der Waals surface area contributed by atoms with E-state index < -0.39 is 0 Å². The van der Waals surface area contributed by atoms with Crippen LogP contribution in [0.5, 0.6) is 0 Å². The van der Waals surface area contributed by atoms with Crippen LogP contribution in [0.4, 0.5) is 0 Å². The Labute approximate surface area is 91.1 Å². The molecule has 0 aromatic carbocycles. The van der Waals surface area contributed by atoms with Gasteiger partial charge in [0.05, 0.1) is 0 Å². The van der Waals surface area contributed by atoms with Gasteiger partial charge in [0.15, 0.2) is 5.82 Å². The lowest BCUT2D eigenvalue weighted by Gasteiger charge is -2.13. The van der Waals surface area contributed by atoms with Crippen molar-refractivity contribution >= 4 is 0 Å². The van der Waals surface area contributed by atoms with Crippen LogP contribution in [0.15, 0.2) is 12.4 Å². The average Bonchev–Trinajstić information content (AvgIpc) is 2.28. The molecule has 0 bridgehead atoms. The van der Waals surface area contributed by atoms with E-state index in [1.165, 1.54) is 0 Å². The third-order valence-corrected chi connectivity index (χ3v) is 2.13. The quantitative estimate of drug-likeness (QED) is 0.774. The maximum atomic E-state index is 5.54. The molecule has 0 aliphatic carbocycles. The van der Waals surface area contributed by atoms with E-state index >= 15 is 0 Å². The Balaban J connectivity index is 2.68. The van der Waals surface area contributed by atoms with Gasteiger partial charge in [0.25, 0.3) is 0 Å². The summed E-state index contributed by atoms with van der Waals surface area (Å²) in [6.45, 7) is 5.55. The highest BCUT2D eigenvalue weighted by molar-refractivity contribution is 5.06. The summed E-state index contributed by atoms with van der Waals surface area (Å²) >= 11 is 0. The second-order valence-corrected chi connectivity index (χ2v) is 3.33. The molecule has 1 unspecified atom stereocenters. The van der Waals surface area contributed by atoms with Gasteiger partial charge >= 0.3 is 0 Å². The van der Waals surface area contributed by atoms with Crippen molar-refractivity contribution in [1.82, 2.24) is 15.3 Å². The Bertz CT molecular complexity index is 274.